The van der Waals surface area contributed by atoms with E-state index in [1.807, 2.05) is 42.2 Å². The van der Waals surface area contributed by atoms with E-state index in [4.69, 9.17) is 5.73 Å². The fraction of sp³-hybridized carbons (Fsp3) is 0.381. The van der Waals surface area contributed by atoms with Crippen molar-refractivity contribution in [3.8, 4) is 0 Å². The molecule has 6 nitrogen and oxygen atoms in total. The van der Waals surface area contributed by atoms with Crippen LogP contribution >= 0.6 is 0 Å². The lowest BCUT2D eigenvalue weighted by Crippen LogP contribution is -2.41. The molecule has 2 amide bonds. The van der Waals surface area contributed by atoms with Gasteiger partial charge in [0.05, 0.1) is 0 Å². The van der Waals surface area contributed by atoms with Crippen LogP contribution in [-0.4, -0.2) is 34.8 Å². The number of pyridine rings is 1. The first-order valence-corrected chi connectivity index (χ1v) is 9.37. The number of anilines is 2. The molecule has 3 rings (SSSR count). The van der Waals surface area contributed by atoms with Gasteiger partial charge < -0.3 is 16.0 Å². The summed E-state index contributed by atoms with van der Waals surface area (Å²) in [6.07, 6.45) is 4.17. The van der Waals surface area contributed by atoms with Gasteiger partial charge >= 0.3 is 0 Å². The Labute approximate surface area is 159 Å². The van der Waals surface area contributed by atoms with Crippen molar-refractivity contribution < 1.29 is 9.59 Å². The van der Waals surface area contributed by atoms with Gasteiger partial charge in [-0.15, -0.1) is 0 Å². The quantitative estimate of drug-likeness (QED) is 0.797. The van der Waals surface area contributed by atoms with Crippen LogP contribution in [0, 0.1) is 12.8 Å². The van der Waals surface area contributed by atoms with Crippen molar-refractivity contribution in [1.82, 2.24) is 9.88 Å². The normalized spacial score (nSPS) is 14.8. The molecule has 0 atom stereocenters. The zero-order valence-corrected chi connectivity index (χ0v) is 15.6. The molecule has 3 N–H and O–H groups in total. The number of nitrogen functional groups attached to an aromatic ring is 1. The topological polar surface area (TPSA) is 88.3 Å². The molecule has 1 fully saturated rings. The van der Waals surface area contributed by atoms with E-state index in [9.17, 15) is 9.59 Å². The second-order valence-electron chi connectivity index (χ2n) is 7.06. The maximum Gasteiger partial charge on any atom is 0.228 e. The van der Waals surface area contributed by atoms with Crippen LogP contribution in [0.25, 0.3) is 0 Å². The van der Waals surface area contributed by atoms with Crippen molar-refractivity contribution in [1.29, 1.82) is 0 Å². The molecule has 0 radical (unpaired) electrons. The van der Waals surface area contributed by atoms with Crippen LogP contribution in [0.15, 0.2) is 42.6 Å². The molecule has 0 saturated carbocycles. The Balaban J connectivity index is 1.45. The fourth-order valence-electron chi connectivity index (χ4n) is 3.32. The average Bonchev–Trinajstić information content (AvgIpc) is 2.69. The van der Waals surface area contributed by atoms with Gasteiger partial charge in [0.15, 0.2) is 0 Å². The maximum absolute atomic E-state index is 12.5. The fourth-order valence-corrected chi connectivity index (χ4v) is 3.32. The molecule has 0 unspecified atom stereocenters. The van der Waals surface area contributed by atoms with E-state index in [2.05, 4.69) is 10.3 Å². The van der Waals surface area contributed by atoms with Gasteiger partial charge in [-0.1, -0.05) is 24.3 Å². The molecule has 2 aromatic rings. The average molecular weight is 366 g/mol. The van der Waals surface area contributed by atoms with Crippen molar-refractivity contribution in [2.24, 2.45) is 5.92 Å². The number of piperidine rings is 1. The Morgan fingerprint density at radius 3 is 2.59 bits per heavy atom. The number of rotatable bonds is 5. The summed E-state index contributed by atoms with van der Waals surface area (Å²) in [6, 6.07) is 11.4. The lowest BCUT2D eigenvalue weighted by molar-refractivity contribution is -0.134. The van der Waals surface area contributed by atoms with Gasteiger partial charge in [0.25, 0.3) is 0 Å². The lowest BCUT2D eigenvalue weighted by Gasteiger charge is -2.31. The van der Waals surface area contributed by atoms with E-state index in [1.165, 1.54) is 0 Å². The maximum atomic E-state index is 12.5. The number of aromatic nitrogens is 1. The van der Waals surface area contributed by atoms with E-state index in [0.717, 1.165) is 16.8 Å². The molecular formula is C21H26N4O2. The third-order valence-corrected chi connectivity index (χ3v) is 5.04. The van der Waals surface area contributed by atoms with Crippen LogP contribution in [0.4, 0.5) is 11.5 Å². The summed E-state index contributed by atoms with van der Waals surface area (Å²) in [7, 11) is 0. The van der Waals surface area contributed by atoms with Gasteiger partial charge in [0.1, 0.15) is 5.82 Å². The summed E-state index contributed by atoms with van der Waals surface area (Å²) in [5.41, 5.74) is 8.72. The molecular weight excluding hydrogens is 340 g/mol. The van der Waals surface area contributed by atoms with Gasteiger partial charge in [-0.25, -0.2) is 4.98 Å². The minimum absolute atomic E-state index is 0.0180. The number of aryl methyl sites for hydroxylation is 2. The largest absolute Gasteiger partial charge is 0.399 e. The zero-order valence-electron chi connectivity index (χ0n) is 15.6. The number of hydrogen-bond acceptors (Lipinski definition) is 4. The summed E-state index contributed by atoms with van der Waals surface area (Å²) in [6.45, 7) is 3.18. The van der Waals surface area contributed by atoms with Crippen LogP contribution in [-0.2, 0) is 16.0 Å². The number of carbonyl (C=O) groups excluding carboxylic acids is 2. The predicted octanol–water partition coefficient (Wildman–Crippen LogP) is 2.78. The first kappa shape index (κ1) is 18.9. The number of para-hydroxylation sites is 1. The Morgan fingerprint density at radius 1 is 1.19 bits per heavy atom. The number of nitrogens with zero attached hydrogens (tertiary/aromatic N) is 2. The first-order valence-electron chi connectivity index (χ1n) is 9.37. The highest BCUT2D eigenvalue weighted by atomic mass is 16.2. The van der Waals surface area contributed by atoms with Crippen LogP contribution in [0.2, 0.25) is 0 Å². The number of likely N-dealkylation sites (tertiary alicyclic amines) is 1. The SMILES string of the molecule is Cc1ccc(NC(=O)C2CCN(C(=O)CCc3ccccc3N)CC2)nc1. The van der Waals surface area contributed by atoms with E-state index in [-0.39, 0.29) is 17.7 Å². The molecule has 2 heterocycles. The summed E-state index contributed by atoms with van der Waals surface area (Å²) in [5, 5.41) is 2.87. The van der Waals surface area contributed by atoms with E-state index in [1.54, 1.807) is 12.3 Å². The molecule has 1 aromatic carbocycles. The Bertz CT molecular complexity index is 796. The minimum atomic E-state index is -0.0816. The molecule has 1 saturated heterocycles. The smallest absolute Gasteiger partial charge is 0.228 e. The molecule has 6 heteroatoms. The Hall–Kier alpha value is -2.89. The van der Waals surface area contributed by atoms with Crippen LogP contribution in [0.1, 0.15) is 30.4 Å². The van der Waals surface area contributed by atoms with Gasteiger partial charge in [-0.05, 0) is 49.4 Å². The highest BCUT2D eigenvalue weighted by Crippen LogP contribution is 2.21. The lowest BCUT2D eigenvalue weighted by atomic mass is 9.95. The second kappa shape index (κ2) is 8.66. The molecule has 1 aromatic heterocycles. The monoisotopic (exact) mass is 366 g/mol. The number of carbonyl (C=O) groups is 2. The molecule has 0 spiro atoms. The van der Waals surface area contributed by atoms with Gasteiger partial charge in [-0.3, -0.25) is 9.59 Å². The van der Waals surface area contributed by atoms with Gasteiger partial charge in [0.2, 0.25) is 11.8 Å². The highest BCUT2D eigenvalue weighted by Gasteiger charge is 2.27. The van der Waals surface area contributed by atoms with Crippen molar-refractivity contribution in [2.75, 3.05) is 24.1 Å². The molecule has 1 aliphatic rings. The summed E-state index contributed by atoms with van der Waals surface area (Å²) >= 11 is 0. The summed E-state index contributed by atoms with van der Waals surface area (Å²) < 4.78 is 0. The van der Waals surface area contributed by atoms with E-state index in [0.29, 0.717) is 44.6 Å². The molecule has 27 heavy (non-hydrogen) atoms. The molecule has 142 valence electrons. The van der Waals surface area contributed by atoms with Gasteiger partial charge in [-0.2, -0.15) is 0 Å². The standard InChI is InChI=1S/C21H26N4O2/c1-15-6-8-19(23-14-15)24-21(27)17-10-12-25(13-11-17)20(26)9-7-16-4-2-3-5-18(16)22/h2-6,8,14,17H,7,9-13,22H2,1H3,(H,23,24,27). The van der Waals surface area contributed by atoms with Crippen molar-refractivity contribution in [3.63, 3.8) is 0 Å². The molecule has 0 bridgehead atoms. The third-order valence-electron chi connectivity index (χ3n) is 5.04. The second-order valence-corrected chi connectivity index (χ2v) is 7.06. The predicted molar refractivity (Wildman–Crippen MR) is 106 cm³/mol. The Morgan fingerprint density at radius 2 is 1.93 bits per heavy atom. The summed E-state index contributed by atoms with van der Waals surface area (Å²) in [5.74, 6) is 0.597. The van der Waals surface area contributed by atoms with Crippen molar-refractivity contribution in [2.45, 2.75) is 32.6 Å². The van der Waals surface area contributed by atoms with Crippen LogP contribution in [0.3, 0.4) is 0 Å². The van der Waals surface area contributed by atoms with E-state index < -0.39 is 0 Å². The van der Waals surface area contributed by atoms with Crippen molar-refractivity contribution >= 4 is 23.3 Å². The molecule has 1 aliphatic heterocycles. The summed E-state index contributed by atoms with van der Waals surface area (Å²) in [4.78, 5) is 30.9. The number of benzene rings is 1. The number of nitrogens with two attached hydrogens (primary N) is 1. The third kappa shape index (κ3) is 5.06. The van der Waals surface area contributed by atoms with Gasteiger partial charge in [0, 0.05) is 37.3 Å². The first-order chi connectivity index (χ1) is 13.0. The van der Waals surface area contributed by atoms with Crippen LogP contribution in [0.5, 0.6) is 0 Å². The molecule has 0 aliphatic carbocycles. The van der Waals surface area contributed by atoms with Crippen LogP contribution < -0.4 is 11.1 Å². The number of hydrogen-bond donors (Lipinski definition) is 2. The van der Waals surface area contributed by atoms with E-state index >= 15 is 0 Å². The number of amides is 2. The van der Waals surface area contributed by atoms with Crippen molar-refractivity contribution in [3.05, 3.63) is 53.7 Å². The highest BCUT2D eigenvalue weighted by molar-refractivity contribution is 5.91. The zero-order chi connectivity index (χ0) is 19.2. The minimum Gasteiger partial charge on any atom is -0.399 e. The Kier molecular flexibility index (Phi) is 6.06. The number of nitrogens with one attached hydrogen (secondary N) is 1.